The highest BCUT2D eigenvalue weighted by atomic mass is 16.2. The van der Waals surface area contributed by atoms with E-state index in [0.29, 0.717) is 5.82 Å². The van der Waals surface area contributed by atoms with Gasteiger partial charge in [0.25, 0.3) is 5.91 Å². The van der Waals surface area contributed by atoms with Crippen molar-refractivity contribution in [1.82, 2.24) is 15.4 Å². The van der Waals surface area contributed by atoms with E-state index in [1.165, 1.54) is 5.01 Å². The molecule has 0 spiro atoms. The molecule has 1 amide bonds. The van der Waals surface area contributed by atoms with Gasteiger partial charge in [0, 0.05) is 24.6 Å². The molecule has 1 aliphatic rings. The Morgan fingerprint density at radius 1 is 1.21 bits per heavy atom. The minimum Gasteiger partial charge on any atom is -0.272 e. The Hall–Kier alpha value is -2.27. The SMILES string of the molecule is CC1NN(c2ccccn2)C(=O)C1c1cccnc1. The lowest BCUT2D eigenvalue weighted by Gasteiger charge is -2.14. The zero-order valence-corrected chi connectivity index (χ0v) is 10.5. The summed E-state index contributed by atoms with van der Waals surface area (Å²) in [4.78, 5) is 20.8. The van der Waals surface area contributed by atoms with Gasteiger partial charge in [0.2, 0.25) is 0 Å². The Morgan fingerprint density at radius 3 is 2.79 bits per heavy atom. The van der Waals surface area contributed by atoms with E-state index >= 15 is 0 Å². The molecule has 3 heterocycles. The molecule has 0 bridgehead atoms. The average molecular weight is 254 g/mol. The number of pyridine rings is 2. The van der Waals surface area contributed by atoms with E-state index in [1.54, 1.807) is 18.6 Å². The van der Waals surface area contributed by atoms with E-state index in [2.05, 4.69) is 15.4 Å². The second-order valence-electron chi connectivity index (χ2n) is 4.54. The maximum absolute atomic E-state index is 12.5. The molecule has 0 radical (unpaired) electrons. The van der Waals surface area contributed by atoms with Crippen LogP contribution in [0.5, 0.6) is 0 Å². The number of carbonyl (C=O) groups excluding carboxylic acids is 1. The van der Waals surface area contributed by atoms with E-state index in [4.69, 9.17) is 0 Å². The summed E-state index contributed by atoms with van der Waals surface area (Å²) >= 11 is 0. The number of rotatable bonds is 2. The Morgan fingerprint density at radius 2 is 2.11 bits per heavy atom. The van der Waals surface area contributed by atoms with Crippen LogP contribution in [0.2, 0.25) is 0 Å². The van der Waals surface area contributed by atoms with Crippen molar-refractivity contribution in [2.24, 2.45) is 0 Å². The molecule has 19 heavy (non-hydrogen) atoms. The molecule has 0 aliphatic carbocycles. The summed E-state index contributed by atoms with van der Waals surface area (Å²) in [5.41, 5.74) is 4.08. The molecule has 3 rings (SSSR count). The van der Waals surface area contributed by atoms with Gasteiger partial charge in [-0.05, 0) is 30.7 Å². The van der Waals surface area contributed by atoms with Crippen LogP contribution < -0.4 is 10.4 Å². The summed E-state index contributed by atoms with van der Waals surface area (Å²) < 4.78 is 0. The van der Waals surface area contributed by atoms with Gasteiger partial charge < -0.3 is 0 Å². The van der Waals surface area contributed by atoms with Crippen molar-refractivity contribution in [3.05, 3.63) is 54.5 Å². The molecule has 2 aromatic heterocycles. The van der Waals surface area contributed by atoms with E-state index in [9.17, 15) is 4.79 Å². The van der Waals surface area contributed by atoms with Crippen molar-refractivity contribution in [1.29, 1.82) is 0 Å². The van der Waals surface area contributed by atoms with Crippen molar-refractivity contribution in [3.63, 3.8) is 0 Å². The molecular formula is C14H14N4O. The molecule has 2 atom stereocenters. The fourth-order valence-corrected chi connectivity index (χ4v) is 2.35. The number of hydrogen-bond donors (Lipinski definition) is 1. The first-order valence-electron chi connectivity index (χ1n) is 6.18. The van der Waals surface area contributed by atoms with Crippen LogP contribution in [0, 0.1) is 0 Å². The fraction of sp³-hybridized carbons (Fsp3) is 0.214. The molecule has 0 aromatic carbocycles. The summed E-state index contributed by atoms with van der Waals surface area (Å²) in [5, 5.41) is 1.52. The first-order chi connectivity index (χ1) is 9.27. The van der Waals surface area contributed by atoms with Crippen molar-refractivity contribution in [2.75, 3.05) is 5.01 Å². The Balaban J connectivity index is 1.92. The van der Waals surface area contributed by atoms with Crippen LogP contribution in [0.3, 0.4) is 0 Å². The van der Waals surface area contributed by atoms with E-state index < -0.39 is 0 Å². The lowest BCUT2D eigenvalue weighted by Crippen LogP contribution is -2.37. The summed E-state index contributed by atoms with van der Waals surface area (Å²) in [6.45, 7) is 1.98. The topological polar surface area (TPSA) is 58.1 Å². The molecule has 96 valence electrons. The number of nitrogens with one attached hydrogen (secondary N) is 1. The minimum absolute atomic E-state index is 0.000741. The predicted molar refractivity (Wildman–Crippen MR) is 71.3 cm³/mol. The summed E-state index contributed by atoms with van der Waals surface area (Å²) in [7, 11) is 0. The zero-order chi connectivity index (χ0) is 13.2. The van der Waals surface area contributed by atoms with E-state index in [0.717, 1.165) is 5.56 Å². The Kier molecular flexibility index (Phi) is 2.97. The van der Waals surface area contributed by atoms with Crippen molar-refractivity contribution >= 4 is 11.7 Å². The lowest BCUT2D eigenvalue weighted by molar-refractivity contribution is -0.118. The number of hydrazine groups is 1. The van der Waals surface area contributed by atoms with Gasteiger partial charge in [0.1, 0.15) is 5.82 Å². The predicted octanol–water partition coefficient (Wildman–Crippen LogP) is 1.50. The van der Waals surface area contributed by atoms with Gasteiger partial charge >= 0.3 is 0 Å². The molecule has 1 aliphatic heterocycles. The smallest absolute Gasteiger partial charge is 0.251 e. The molecule has 1 N–H and O–H groups in total. The third-order valence-electron chi connectivity index (χ3n) is 3.24. The highest BCUT2D eigenvalue weighted by Gasteiger charge is 2.39. The van der Waals surface area contributed by atoms with E-state index in [1.807, 2.05) is 37.3 Å². The number of nitrogens with zero attached hydrogens (tertiary/aromatic N) is 3. The van der Waals surface area contributed by atoms with Crippen LogP contribution in [0.1, 0.15) is 18.4 Å². The lowest BCUT2D eigenvalue weighted by atomic mass is 9.95. The molecule has 5 nitrogen and oxygen atoms in total. The molecule has 1 fully saturated rings. The molecule has 0 saturated carbocycles. The summed E-state index contributed by atoms with van der Waals surface area (Å²) in [6.07, 6.45) is 5.12. The van der Waals surface area contributed by atoms with Crippen LogP contribution in [-0.2, 0) is 4.79 Å². The maximum atomic E-state index is 12.5. The monoisotopic (exact) mass is 254 g/mol. The van der Waals surface area contributed by atoms with Gasteiger partial charge in [-0.25, -0.2) is 15.4 Å². The van der Waals surface area contributed by atoms with Crippen LogP contribution in [-0.4, -0.2) is 21.9 Å². The van der Waals surface area contributed by atoms with Gasteiger partial charge in [0.15, 0.2) is 0 Å². The van der Waals surface area contributed by atoms with E-state index in [-0.39, 0.29) is 17.9 Å². The van der Waals surface area contributed by atoms with Crippen molar-refractivity contribution < 1.29 is 4.79 Å². The van der Waals surface area contributed by atoms with Crippen molar-refractivity contribution in [2.45, 2.75) is 18.9 Å². The quantitative estimate of drug-likeness (QED) is 0.882. The minimum atomic E-state index is -0.226. The zero-order valence-electron chi connectivity index (χ0n) is 10.5. The average Bonchev–Trinajstić information content (AvgIpc) is 2.76. The van der Waals surface area contributed by atoms with Crippen molar-refractivity contribution in [3.8, 4) is 0 Å². The first kappa shape index (κ1) is 11.8. The summed E-state index contributed by atoms with van der Waals surface area (Å²) in [6, 6.07) is 9.28. The molecule has 2 unspecified atom stereocenters. The Bertz CT molecular complexity index is 573. The highest BCUT2D eigenvalue weighted by Crippen LogP contribution is 2.28. The first-order valence-corrected chi connectivity index (χ1v) is 6.18. The molecule has 5 heteroatoms. The van der Waals surface area contributed by atoms with Gasteiger partial charge in [-0.2, -0.15) is 0 Å². The third-order valence-corrected chi connectivity index (χ3v) is 3.24. The van der Waals surface area contributed by atoms with Crippen LogP contribution in [0.4, 0.5) is 5.82 Å². The van der Waals surface area contributed by atoms with Gasteiger partial charge in [-0.3, -0.25) is 9.78 Å². The molecule has 2 aromatic rings. The van der Waals surface area contributed by atoms with Gasteiger partial charge in [0.05, 0.1) is 5.92 Å². The molecule has 1 saturated heterocycles. The standard InChI is InChI=1S/C14H14N4O/c1-10-13(11-5-4-7-15-9-11)14(19)18(17-10)12-6-2-3-8-16-12/h2-10,13,17H,1H3. The van der Waals surface area contributed by atoms with Gasteiger partial charge in [-0.15, -0.1) is 0 Å². The highest BCUT2D eigenvalue weighted by molar-refractivity contribution is 5.99. The number of anilines is 1. The van der Waals surface area contributed by atoms with Crippen LogP contribution in [0.25, 0.3) is 0 Å². The fourth-order valence-electron chi connectivity index (χ4n) is 2.35. The number of amides is 1. The van der Waals surface area contributed by atoms with Gasteiger partial charge in [-0.1, -0.05) is 12.1 Å². The largest absolute Gasteiger partial charge is 0.272 e. The van der Waals surface area contributed by atoms with Crippen LogP contribution >= 0.6 is 0 Å². The number of carbonyl (C=O) groups is 1. The number of hydrogen-bond acceptors (Lipinski definition) is 4. The van der Waals surface area contributed by atoms with Crippen LogP contribution in [0.15, 0.2) is 48.9 Å². The Labute approximate surface area is 111 Å². The summed E-state index contributed by atoms with van der Waals surface area (Å²) in [5.74, 6) is 0.389. The second-order valence-corrected chi connectivity index (χ2v) is 4.54. The number of aromatic nitrogens is 2. The molecular weight excluding hydrogens is 240 g/mol. The second kappa shape index (κ2) is 4.78. The third kappa shape index (κ3) is 2.08. The maximum Gasteiger partial charge on any atom is 0.251 e. The normalized spacial score (nSPS) is 22.8.